The molecule has 0 spiro atoms. The summed E-state index contributed by atoms with van der Waals surface area (Å²) in [6, 6.07) is 0. The number of carboxylic acids is 1. The average molecular weight is 239 g/mol. The molecule has 1 amide bonds. The molecule has 17 heavy (non-hydrogen) atoms. The number of allylic oxidation sites excluding steroid dienone is 2. The van der Waals surface area contributed by atoms with E-state index in [0.29, 0.717) is 25.9 Å². The smallest absolute Gasteiger partial charge is 0.307 e. The first-order chi connectivity index (χ1) is 7.91. The van der Waals surface area contributed by atoms with Crippen molar-refractivity contribution in [3.05, 3.63) is 12.2 Å². The van der Waals surface area contributed by atoms with Gasteiger partial charge in [0.15, 0.2) is 0 Å². The largest absolute Gasteiger partial charge is 0.481 e. The summed E-state index contributed by atoms with van der Waals surface area (Å²) in [6.07, 6.45) is 4.57. The fourth-order valence-electron chi connectivity index (χ4n) is 2.53. The number of carbonyl (C=O) groups excluding carboxylic acids is 1. The number of aliphatic carboxylic acids is 1. The predicted octanol–water partition coefficient (Wildman–Crippen LogP) is 0.247. The number of amides is 1. The van der Waals surface area contributed by atoms with Crippen molar-refractivity contribution in [3.8, 4) is 0 Å². The summed E-state index contributed by atoms with van der Waals surface area (Å²) in [5, 5.41) is 18.7. The number of likely N-dealkylation sites (tertiary alicyclic amines) is 1. The Morgan fingerprint density at radius 3 is 2.24 bits per heavy atom. The molecule has 2 aliphatic rings. The number of hydrogen-bond donors (Lipinski definition) is 2. The summed E-state index contributed by atoms with van der Waals surface area (Å²) in [4.78, 5) is 24.7. The number of nitrogens with zero attached hydrogens (tertiary/aromatic N) is 1. The van der Waals surface area contributed by atoms with Gasteiger partial charge in [0.25, 0.3) is 0 Å². The third kappa shape index (κ3) is 2.34. The Morgan fingerprint density at radius 1 is 1.24 bits per heavy atom. The molecule has 1 aliphatic carbocycles. The van der Waals surface area contributed by atoms with Crippen molar-refractivity contribution in [2.45, 2.75) is 25.4 Å². The Labute approximate surface area is 99.7 Å². The van der Waals surface area contributed by atoms with Gasteiger partial charge in [-0.05, 0) is 19.8 Å². The van der Waals surface area contributed by atoms with E-state index in [1.165, 1.54) is 0 Å². The number of rotatable bonds is 2. The molecule has 0 bridgehead atoms. The van der Waals surface area contributed by atoms with Gasteiger partial charge in [-0.1, -0.05) is 12.2 Å². The van der Waals surface area contributed by atoms with Crippen molar-refractivity contribution in [1.82, 2.24) is 4.90 Å². The number of aliphatic hydroxyl groups is 1. The monoisotopic (exact) mass is 239 g/mol. The minimum atomic E-state index is -0.917. The van der Waals surface area contributed by atoms with Gasteiger partial charge in [-0.15, -0.1) is 0 Å². The van der Waals surface area contributed by atoms with Crippen molar-refractivity contribution in [2.24, 2.45) is 11.8 Å². The van der Waals surface area contributed by atoms with E-state index in [-0.39, 0.29) is 5.91 Å². The van der Waals surface area contributed by atoms with Gasteiger partial charge < -0.3 is 15.1 Å². The van der Waals surface area contributed by atoms with Crippen LogP contribution in [0.25, 0.3) is 0 Å². The summed E-state index contributed by atoms with van der Waals surface area (Å²) in [7, 11) is 0. The SMILES string of the molecule is CC1(O)CN(C(=O)[C@@H]2CC=CC[C@@H]2C(=O)O)C1. The normalized spacial score (nSPS) is 30.8. The highest BCUT2D eigenvalue weighted by Crippen LogP contribution is 2.31. The van der Waals surface area contributed by atoms with Gasteiger partial charge >= 0.3 is 5.97 Å². The Bertz CT molecular complexity index is 367. The predicted molar refractivity (Wildman–Crippen MR) is 60.2 cm³/mol. The lowest BCUT2D eigenvalue weighted by Gasteiger charge is -2.46. The molecule has 0 aromatic heterocycles. The van der Waals surface area contributed by atoms with Crippen LogP contribution in [0.1, 0.15) is 19.8 Å². The molecule has 2 N–H and O–H groups in total. The lowest BCUT2D eigenvalue weighted by atomic mass is 9.80. The lowest BCUT2D eigenvalue weighted by Crippen LogP contribution is -2.63. The average Bonchev–Trinajstić information content (AvgIpc) is 2.24. The molecule has 1 aliphatic heterocycles. The second-order valence-corrected chi connectivity index (χ2v) is 5.19. The van der Waals surface area contributed by atoms with E-state index in [2.05, 4.69) is 0 Å². The second-order valence-electron chi connectivity index (χ2n) is 5.19. The Balaban J connectivity index is 2.03. The van der Waals surface area contributed by atoms with Gasteiger partial charge in [-0.3, -0.25) is 9.59 Å². The van der Waals surface area contributed by atoms with Crippen LogP contribution in [-0.4, -0.2) is 45.7 Å². The molecule has 94 valence electrons. The quantitative estimate of drug-likeness (QED) is 0.677. The number of carboxylic acid groups (broad SMARTS) is 1. The van der Waals surface area contributed by atoms with Crippen molar-refractivity contribution in [3.63, 3.8) is 0 Å². The fraction of sp³-hybridized carbons (Fsp3) is 0.667. The molecule has 0 aromatic carbocycles. The van der Waals surface area contributed by atoms with E-state index in [1.807, 2.05) is 12.2 Å². The maximum Gasteiger partial charge on any atom is 0.307 e. The minimum absolute atomic E-state index is 0.145. The number of hydrogen-bond acceptors (Lipinski definition) is 3. The van der Waals surface area contributed by atoms with E-state index in [4.69, 9.17) is 5.11 Å². The van der Waals surface area contributed by atoms with E-state index in [9.17, 15) is 14.7 Å². The van der Waals surface area contributed by atoms with Crippen LogP contribution in [0.15, 0.2) is 12.2 Å². The van der Waals surface area contributed by atoms with Crippen LogP contribution in [0.2, 0.25) is 0 Å². The van der Waals surface area contributed by atoms with Gasteiger partial charge in [0.2, 0.25) is 5.91 Å². The van der Waals surface area contributed by atoms with Crippen LogP contribution in [0.5, 0.6) is 0 Å². The van der Waals surface area contributed by atoms with Gasteiger partial charge in [0.05, 0.1) is 30.5 Å². The topological polar surface area (TPSA) is 77.8 Å². The summed E-state index contributed by atoms with van der Waals surface area (Å²) in [5.74, 6) is -2.17. The number of β-amino-alcohol motifs (C(OH)–C–C–N with tert-alkyl or cyclic N) is 1. The highest BCUT2D eigenvalue weighted by molar-refractivity contribution is 5.86. The first kappa shape index (κ1) is 12.1. The van der Waals surface area contributed by atoms with Crippen LogP contribution in [0.4, 0.5) is 0 Å². The summed E-state index contributed by atoms with van der Waals surface area (Å²) < 4.78 is 0. The Kier molecular flexibility index (Phi) is 2.95. The van der Waals surface area contributed by atoms with Gasteiger partial charge in [0, 0.05) is 0 Å². The molecule has 0 saturated carbocycles. The molecule has 2 atom stereocenters. The molecule has 1 fully saturated rings. The fourth-order valence-corrected chi connectivity index (χ4v) is 2.53. The molecular weight excluding hydrogens is 222 g/mol. The Morgan fingerprint density at radius 2 is 1.76 bits per heavy atom. The zero-order valence-electron chi connectivity index (χ0n) is 9.80. The van der Waals surface area contributed by atoms with Crippen molar-refractivity contribution < 1.29 is 19.8 Å². The molecule has 0 unspecified atom stereocenters. The molecular formula is C12H17NO4. The van der Waals surface area contributed by atoms with Crippen LogP contribution in [-0.2, 0) is 9.59 Å². The molecule has 0 radical (unpaired) electrons. The van der Waals surface area contributed by atoms with Crippen LogP contribution >= 0.6 is 0 Å². The van der Waals surface area contributed by atoms with E-state index >= 15 is 0 Å². The van der Waals surface area contributed by atoms with Crippen LogP contribution in [0, 0.1) is 11.8 Å². The summed E-state index contributed by atoms with van der Waals surface area (Å²) in [5.41, 5.74) is -0.807. The number of carbonyl (C=O) groups is 2. The third-order valence-corrected chi connectivity index (χ3v) is 3.44. The maximum atomic E-state index is 12.1. The van der Waals surface area contributed by atoms with Crippen LogP contribution in [0.3, 0.4) is 0 Å². The Hall–Kier alpha value is -1.36. The van der Waals surface area contributed by atoms with E-state index < -0.39 is 23.4 Å². The zero-order chi connectivity index (χ0) is 12.6. The lowest BCUT2D eigenvalue weighted by molar-refractivity contribution is -0.162. The maximum absolute atomic E-state index is 12.1. The van der Waals surface area contributed by atoms with E-state index in [1.54, 1.807) is 11.8 Å². The van der Waals surface area contributed by atoms with Crippen LogP contribution < -0.4 is 0 Å². The molecule has 2 rings (SSSR count). The van der Waals surface area contributed by atoms with Gasteiger partial charge in [-0.25, -0.2) is 0 Å². The molecule has 1 heterocycles. The van der Waals surface area contributed by atoms with Crippen molar-refractivity contribution in [2.75, 3.05) is 13.1 Å². The van der Waals surface area contributed by atoms with Gasteiger partial charge in [0.1, 0.15) is 0 Å². The van der Waals surface area contributed by atoms with Crippen molar-refractivity contribution >= 4 is 11.9 Å². The molecule has 5 heteroatoms. The van der Waals surface area contributed by atoms with Crippen molar-refractivity contribution in [1.29, 1.82) is 0 Å². The summed E-state index contributed by atoms with van der Waals surface area (Å²) in [6.45, 7) is 2.28. The molecule has 5 nitrogen and oxygen atoms in total. The van der Waals surface area contributed by atoms with Gasteiger partial charge in [-0.2, -0.15) is 0 Å². The first-order valence-electron chi connectivity index (χ1n) is 5.80. The zero-order valence-corrected chi connectivity index (χ0v) is 9.80. The molecule has 1 saturated heterocycles. The standard InChI is InChI=1S/C12H17NO4/c1-12(17)6-13(7-12)10(14)8-4-2-3-5-9(8)11(15)16/h2-3,8-9,17H,4-7H2,1H3,(H,15,16)/t8-,9+/m1/s1. The summed E-state index contributed by atoms with van der Waals surface area (Å²) >= 11 is 0. The second kappa shape index (κ2) is 4.14. The molecule has 0 aromatic rings. The first-order valence-corrected chi connectivity index (χ1v) is 5.80. The van der Waals surface area contributed by atoms with E-state index in [0.717, 1.165) is 0 Å². The third-order valence-electron chi connectivity index (χ3n) is 3.44. The minimum Gasteiger partial charge on any atom is -0.481 e. The highest BCUT2D eigenvalue weighted by atomic mass is 16.4. The highest BCUT2D eigenvalue weighted by Gasteiger charge is 2.44.